The third kappa shape index (κ3) is 5.00. The number of tetrazole rings is 1. The van der Waals surface area contributed by atoms with Gasteiger partial charge in [-0.15, -0.1) is 5.10 Å². The van der Waals surface area contributed by atoms with Crippen molar-refractivity contribution in [2.45, 2.75) is 45.0 Å². The number of pyridine rings is 1. The molecule has 2 aromatic heterocycles. The zero-order valence-corrected chi connectivity index (χ0v) is 18.4. The first kappa shape index (κ1) is 21.8. The fraction of sp³-hybridized carbons (Fsp3) is 0.545. The normalized spacial score (nSPS) is 17.8. The number of rotatable bonds is 9. The molecule has 0 spiro atoms. The Morgan fingerprint density at radius 3 is 2.79 bits per heavy atom. The summed E-state index contributed by atoms with van der Waals surface area (Å²) in [6.45, 7) is 3.90. The molecule has 0 bridgehead atoms. The molecule has 2 aliphatic heterocycles. The summed E-state index contributed by atoms with van der Waals surface area (Å²) in [5.41, 5.74) is 1.16. The molecular weight excluding hydrogens is 428 g/mol. The summed E-state index contributed by atoms with van der Waals surface area (Å²) in [4.78, 5) is 17.9. The van der Waals surface area contributed by atoms with Crippen LogP contribution in [0, 0.1) is 0 Å². The van der Waals surface area contributed by atoms with Gasteiger partial charge < -0.3 is 24.3 Å². The maximum absolute atomic E-state index is 12.8. The molecule has 33 heavy (non-hydrogen) atoms. The van der Waals surface area contributed by atoms with Gasteiger partial charge in [0.2, 0.25) is 0 Å². The van der Waals surface area contributed by atoms with Crippen LogP contribution >= 0.6 is 0 Å². The lowest BCUT2D eigenvalue weighted by molar-refractivity contribution is 0.0915. The number of nitrogens with zero attached hydrogens (tertiary/aromatic N) is 5. The van der Waals surface area contributed by atoms with Crippen LogP contribution in [0.3, 0.4) is 0 Å². The molecule has 0 saturated carbocycles. The Kier molecular flexibility index (Phi) is 6.51. The molecule has 4 heterocycles. The second-order valence-corrected chi connectivity index (χ2v) is 8.41. The molecule has 1 saturated heterocycles. The van der Waals surface area contributed by atoms with Gasteiger partial charge >= 0.3 is 0 Å². The SMILES string of the molecule is O=c1[nH]c2cc3c(cc2cc1CN(CCCO)Cc1nnnn1CC1CCCO1)OCCO3. The molecule has 1 unspecified atom stereocenters. The van der Waals surface area contributed by atoms with Crippen LogP contribution in [-0.4, -0.2) is 74.3 Å². The first-order valence-electron chi connectivity index (χ1n) is 11.3. The lowest BCUT2D eigenvalue weighted by Gasteiger charge is -2.22. The van der Waals surface area contributed by atoms with E-state index in [1.807, 2.05) is 12.1 Å². The number of hydrogen-bond donors (Lipinski definition) is 2. The van der Waals surface area contributed by atoms with E-state index in [0.29, 0.717) is 74.2 Å². The highest BCUT2D eigenvalue weighted by atomic mass is 16.6. The van der Waals surface area contributed by atoms with Gasteiger partial charge in [-0.3, -0.25) is 9.69 Å². The molecule has 1 fully saturated rings. The largest absolute Gasteiger partial charge is 0.486 e. The number of fused-ring (bicyclic) bond motifs is 2. The first-order valence-corrected chi connectivity index (χ1v) is 11.3. The van der Waals surface area contributed by atoms with Gasteiger partial charge in [0.05, 0.1) is 24.7 Å². The van der Waals surface area contributed by atoms with Gasteiger partial charge in [-0.1, -0.05) is 0 Å². The minimum atomic E-state index is -0.160. The van der Waals surface area contributed by atoms with E-state index < -0.39 is 0 Å². The van der Waals surface area contributed by atoms with E-state index in [1.54, 1.807) is 10.7 Å². The molecule has 11 nitrogen and oxygen atoms in total. The summed E-state index contributed by atoms with van der Waals surface area (Å²) in [6.07, 6.45) is 2.75. The van der Waals surface area contributed by atoms with E-state index in [2.05, 4.69) is 25.4 Å². The maximum atomic E-state index is 12.8. The first-order chi connectivity index (χ1) is 16.2. The van der Waals surface area contributed by atoms with Crippen molar-refractivity contribution in [1.29, 1.82) is 0 Å². The number of hydrogen-bond acceptors (Lipinski definition) is 9. The van der Waals surface area contributed by atoms with Crippen LogP contribution in [0.5, 0.6) is 11.5 Å². The van der Waals surface area contributed by atoms with Crippen molar-refractivity contribution in [3.05, 3.63) is 39.9 Å². The maximum Gasteiger partial charge on any atom is 0.252 e. The zero-order valence-electron chi connectivity index (χ0n) is 18.4. The van der Waals surface area contributed by atoms with Gasteiger partial charge in [0.1, 0.15) is 13.2 Å². The van der Waals surface area contributed by atoms with Crippen LogP contribution in [0.1, 0.15) is 30.7 Å². The van der Waals surface area contributed by atoms with Crippen molar-refractivity contribution < 1.29 is 19.3 Å². The molecule has 1 atom stereocenters. The Balaban J connectivity index is 1.37. The summed E-state index contributed by atoms with van der Waals surface area (Å²) in [5, 5.41) is 22.4. The molecule has 0 radical (unpaired) electrons. The van der Waals surface area contributed by atoms with E-state index in [9.17, 15) is 9.90 Å². The number of aromatic amines is 1. The number of benzene rings is 1. The molecule has 5 rings (SSSR count). The summed E-state index contributed by atoms with van der Waals surface area (Å²) in [5.74, 6) is 2.03. The summed E-state index contributed by atoms with van der Waals surface area (Å²) in [7, 11) is 0. The van der Waals surface area contributed by atoms with E-state index in [4.69, 9.17) is 14.2 Å². The van der Waals surface area contributed by atoms with E-state index in [1.165, 1.54) is 0 Å². The third-order valence-electron chi connectivity index (χ3n) is 5.98. The van der Waals surface area contributed by atoms with Gasteiger partial charge in [0, 0.05) is 43.3 Å². The molecule has 176 valence electrons. The van der Waals surface area contributed by atoms with Gasteiger partial charge in [0.25, 0.3) is 5.56 Å². The second kappa shape index (κ2) is 9.86. The van der Waals surface area contributed by atoms with E-state index in [-0.39, 0.29) is 18.3 Å². The lowest BCUT2D eigenvalue weighted by atomic mass is 10.1. The Morgan fingerprint density at radius 1 is 1.15 bits per heavy atom. The highest BCUT2D eigenvalue weighted by molar-refractivity contribution is 5.83. The Labute approximate surface area is 190 Å². The molecule has 0 amide bonds. The van der Waals surface area contributed by atoms with Crippen molar-refractivity contribution in [3.8, 4) is 11.5 Å². The average Bonchev–Trinajstić information content (AvgIpc) is 3.49. The van der Waals surface area contributed by atoms with Gasteiger partial charge in [-0.25, -0.2) is 4.68 Å². The summed E-state index contributed by atoms with van der Waals surface area (Å²) >= 11 is 0. The molecule has 0 aliphatic carbocycles. The smallest absolute Gasteiger partial charge is 0.252 e. The quantitative estimate of drug-likeness (QED) is 0.482. The van der Waals surface area contributed by atoms with Gasteiger partial charge in [-0.05, 0) is 41.8 Å². The monoisotopic (exact) mass is 456 g/mol. The van der Waals surface area contributed by atoms with Gasteiger partial charge in [0.15, 0.2) is 17.3 Å². The van der Waals surface area contributed by atoms with Gasteiger partial charge in [-0.2, -0.15) is 0 Å². The number of ether oxygens (including phenoxy) is 3. The molecule has 3 aromatic rings. The van der Waals surface area contributed by atoms with E-state index >= 15 is 0 Å². The van der Waals surface area contributed by atoms with Crippen LogP contribution in [0.4, 0.5) is 0 Å². The van der Waals surface area contributed by atoms with Crippen molar-refractivity contribution in [2.75, 3.05) is 33.0 Å². The van der Waals surface area contributed by atoms with E-state index in [0.717, 1.165) is 24.8 Å². The van der Waals surface area contributed by atoms with Crippen LogP contribution in [0.25, 0.3) is 10.9 Å². The molecular formula is C22H28N6O5. The topological polar surface area (TPSA) is 128 Å². The molecule has 1 aromatic carbocycles. The number of aliphatic hydroxyl groups excluding tert-OH is 1. The Morgan fingerprint density at radius 2 is 2.00 bits per heavy atom. The fourth-order valence-electron chi connectivity index (χ4n) is 4.31. The highest BCUT2D eigenvalue weighted by Gasteiger charge is 2.21. The lowest BCUT2D eigenvalue weighted by Crippen LogP contribution is -2.30. The number of H-pyrrole nitrogens is 1. The van der Waals surface area contributed by atoms with Crippen molar-refractivity contribution >= 4 is 10.9 Å². The predicted octanol–water partition coefficient (Wildman–Crippen LogP) is 0.849. The summed E-state index contributed by atoms with van der Waals surface area (Å²) < 4.78 is 18.8. The molecule has 2 N–H and O–H groups in total. The average molecular weight is 457 g/mol. The summed E-state index contributed by atoms with van der Waals surface area (Å²) in [6, 6.07) is 5.58. The standard InChI is InChI=1S/C22H28N6O5/c29-5-2-4-27(14-21-24-25-26-28(21)13-17-3-1-6-31-17)12-16-9-15-10-19-20(33-8-7-32-19)11-18(15)23-22(16)30/h9-11,17,29H,1-8,12-14H2,(H,23,30). The Bertz CT molecular complexity index is 1160. The predicted molar refractivity (Wildman–Crippen MR) is 118 cm³/mol. The minimum Gasteiger partial charge on any atom is -0.486 e. The second-order valence-electron chi connectivity index (χ2n) is 8.41. The highest BCUT2D eigenvalue weighted by Crippen LogP contribution is 2.33. The zero-order chi connectivity index (χ0) is 22.6. The molecule has 2 aliphatic rings. The fourth-order valence-corrected chi connectivity index (χ4v) is 4.31. The Hall–Kier alpha value is -3.02. The number of aliphatic hydroxyl groups is 1. The third-order valence-corrected chi connectivity index (χ3v) is 5.98. The number of nitrogens with one attached hydrogen (secondary N) is 1. The van der Waals surface area contributed by atoms with Crippen LogP contribution in [0.15, 0.2) is 23.0 Å². The van der Waals surface area contributed by atoms with Crippen LogP contribution in [-0.2, 0) is 24.4 Å². The number of aromatic nitrogens is 5. The van der Waals surface area contributed by atoms with Crippen LogP contribution in [0.2, 0.25) is 0 Å². The van der Waals surface area contributed by atoms with Crippen molar-refractivity contribution in [2.24, 2.45) is 0 Å². The van der Waals surface area contributed by atoms with Crippen LogP contribution < -0.4 is 15.0 Å². The minimum absolute atomic E-state index is 0.0644. The van der Waals surface area contributed by atoms with Crippen molar-refractivity contribution in [1.82, 2.24) is 30.1 Å². The molecule has 11 heteroatoms. The van der Waals surface area contributed by atoms with Crippen molar-refractivity contribution in [3.63, 3.8) is 0 Å².